The molecule has 0 bridgehead atoms. The number of hydrogen-bond donors (Lipinski definition) is 1. The van der Waals surface area contributed by atoms with Crippen molar-refractivity contribution in [2.75, 3.05) is 16.8 Å². The van der Waals surface area contributed by atoms with E-state index in [0.29, 0.717) is 6.04 Å². The zero-order chi connectivity index (χ0) is 12.5. The maximum atomic E-state index is 11.3. The van der Waals surface area contributed by atoms with Crippen LogP contribution >= 0.6 is 27.3 Å². The minimum absolute atomic E-state index is 0.423. The molecule has 1 aromatic carbocycles. The summed E-state index contributed by atoms with van der Waals surface area (Å²) in [5, 5.41) is 4.44. The molecule has 1 fully saturated rings. The quantitative estimate of drug-likeness (QED) is 0.907. The topological polar surface area (TPSA) is 42.0 Å². The number of fused-ring (bicyclic) bond motifs is 1. The molecule has 96 valence electrons. The Morgan fingerprint density at radius 1 is 1.39 bits per heavy atom. The summed E-state index contributed by atoms with van der Waals surface area (Å²) in [5.74, 6) is 1.63. The zero-order valence-corrected chi connectivity index (χ0v) is 12.9. The van der Waals surface area contributed by atoms with Crippen molar-refractivity contribution in [2.24, 2.45) is 0 Å². The van der Waals surface area contributed by atoms with Crippen LogP contribution in [0.3, 0.4) is 0 Å². The Labute approximate surface area is 121 Å². The SMILES string of the molecule is O=S1CCC(Nc2nc3cc(Br)ccc3s2)CC1. The number of aromatic nitrogens is 1. The molecule has 1 aromatic heterocycles. The highest BCUT2D eigenvalue weighted by Crippen LogP contribution is 2.29. The summed E-state index contributed by atoms with van der Waals surface area (Å²) in [4.78, 5) is 4.59. The van der Waals surface area contributed by atoms with Crippen LogP contribution in [0.15, 0.2) is 22.7 Å². The van der Waals surface area contributed by atoms with Crippen LogP contribution < -0.4 is 5.32 Å². The van der Waals surface area contributed by atoms with Crippen molar-refractivity contribution in [3.05, 3.63) is 22.7 Å². The summed E-state index contributed by atoms with van der Waals surface area (Å²) < 4.78 is 13.6. The van der Waals surface area contributed by atoms with E-state index < -0.39 is 10.8 Å². The lowest BCUT2D eigenvalue weighted by molar-refractivity contribution is 0.624. The second kappa shape index (κ2) is 5.27. The Kier molecular flexibility index (Phi) is 3.68. The number of nitrogens with one attached hydrogen (secondary N) is 1. The molecule has 1 saturated heterocycles. The van der Waals surface area contributed by atoms with Crippen molar-refractivity contribution in [3.63, 3.8) is 0 Å². The first-order valence-corrected chi connectivity index (χ1v) is 8.98. The van der Waals surface area contributed by atoms with E-state index in [4.69, 9.17) is 0 Å². The molecule has 1 aliphatic rings. The maximum absolute atomic E-state index is 11.3. The van der Waals surface area contributed by atoms with E-state index in [2.05, 4.69) is 32.3 Å². The first-order chi connectivity index (χ1) is 8.70. The van der Waals surface area contributed by atoms with E-state index >= 15 is 0 Å². The number of hydrogen-bond acceptors (Lipinski definition) is 4. The molecule has 0 aliphatic carbocycles. The number of anilines is 1. The van der Waals surface area contributed by atoms with E-state index in [1.807, 2.05) is 12.1 Å². The maximum Gasteiger partial charge on any atom is 0.184 e. The van der Waals surface area contributed by atoms with E-state index in [0.717, 1.165) is 39.5 Å². The molecule has 3 rings (SSSR count). The molecule has 0 radical (unpaired) electrons. The van der Waals surface area contributed by atoms with E-state index in [-0.39, 0.29) is 0 Å². The van der Waals surface area contributed by atoms with Crippen molar-refractivity contribution in [1.29, 1.82) is 0 Å². The molecule has 2 aromatic rings. The van der Waals surface area contributed by atoms with Gasteiger partial charge in [0.25, 0.3) is 0 Å². The lowest BCUT2D eigenvalue weighted by atomic mass is 10.2. The smallest absolute Gasteiger partial charge is 0.184 e. The molecule has 18 heavy (non-hydrogen) atoms. The second-order valence-electron chi connectivity index (χ2n) is 4.40. The largest absolute Gasteiger partial charge is 0.359 e. The Balaban J connectivity index is 1.76. The molecule has 3 nitrogen and oxygen atoms in total. The molecule has 0 saturated carbocycles. The molecule has 0 atom stereocenters. The highest BCUT2D eigenvalue weighted by molar-refractivity contribution is 9.10. The Hall–Kier alpha value is -0.460. The van der Waals surface area contributed by atoms with Gasteiger partial charge in [-0.05, 0) is 31.0 Å². The lowest BCUT2D eigenvalue weighted by Gasteiger charge is -2.21. The third-order valence-corrected chi connectivity index (χ3v) is 5.91. The van der Waals surface area contributed by atoms with Gasteiger partial charge in [-0.2, -0.15) is 0 Å². The monoisotopic (exact) mass is 344 g/mol. The molecular formula is C12H13BrN2OS2. The van der Waals surface area contributed by atoms with Crippen molar-refractivity contribution in [2.45, 2.75) is 18.9 Å². The summed E-state index contributed by atoms with van der Waals surface area (Å²) >= 11 is 5.14. The van der Waals surface area contributed by atoms with Crippen LogP contribution in [0.5, 0.6) is 0 Å². The van der Waals surface area contributed by atoms with E-state index in [1.165, 1.54) is 4.70 Å². The van der Waals surface area contributed by atoms with Crippen LogP contribution in [0.4, 0.5) is 5.13 Å². The Morgan fingerprint density at radius 3 is 2.94 bits per heavy atom. The van der Waals surface area contributed by atoms with Gasteiger partial charge in [0, 0.05) is 32.8 Å². The first kappa shape index (κ1) is 12.6. The van der Waals surface area contributed by atoms with Crippen LogP contribution in [0.25, 0.3) is 10.2 Å². The molecule has 0 unspecified atom stereocenters. The molecule has 2 heterocycles. The average Bonchev–Trinajstić information content (AvgIpc) is 2.73. The van der Waals surface area contributed by atoms with Gasteiger partial charge in [-0.3, -0.25) is 4.21 Å². The number of nitrogens with zero attached hydrogens (tertiary/aromatic N) is 1. The van der Waals surface area contributed by atoms with Gasteiger partial charge in [-0.15, -0.1) is 0 Å². The van der Waals surface area contributed by atoms with Crippen molar-refractivity contribution in [3.8, 4) is 0 Å². The summed E-state index contributed by atoms with van der Waals surface area (Å²) in [5.41, 5.74) is 1.02. The van der Waals surface area contributed by atoms with Crippen LogP contribution in [0, 0.1) is 0 Å². The van der Waals surface area contributed by atoms with Gasteiger partial charge in [0.05, 0.1) is 10.2 Å². The van der Waals surface area contributed by atoms with Crippen molar-refractivity contribution in [1.82, 2.24) is 4.98 Å². The standard InChI is InChI=1S/C12H13BrN2OS2/c13-8-1-2-11-10(7-8)15-12(17-11)14-9-3-5-18(16)6-4-9/h1-2,7,9H,3-6H2,(H,14,15). The summed E-state index contributed by atoms with van der Waals surface area (Å²) in [6.07, 6.45) is 1.96. The molecule has 1 N–H and O–H groups in total. The fourth-order valence-electron chi connectivity index (χ4n) is 2.08. The number of benzene rings is 1. The number of rotatable bonds is 2. The lowest BCUT2D eigenvalue weighted by Crippen LogP contribution is -2.29. The van der Waals surface area contributed by atoms with Gasteiger partial charge in [0.2, 0.25) is 0 Å². The molecule has 6 heteroatoms. The predicted octanol–water partition coefficient (Wildman–Crippen LogP) is 3.38. The van der Waals surface area contributed by atoms with Crippen LogP contribution in [-0.2, 0) is 10.8 Å². The van der Waals surface area contributed by atoms with Crippen LogP contribution in [0.2, 0.25) is 0 Å². The molecule has 1 aliphatic heterocycles. The summed E-state index contributed by atoms with van der Waals surface area (Å²) in [6, 6.07) is 6.57. The third-order valence-electron chi connectivity index (χ3n) is 3.07. The summed E-state index contributed by atoms with van der Waals surface area (Å²) in [6.45, 7) is 0. The number of halogens is 1. The molecular weight excluding hydrogens is 332 g/mol. The number of thiazole rings is 1. The minimum atomic E-state index is -0.600. The van der Waals surface area contributed by atoms with Gasteiger partial charge >= 0.3 is 0 Å². The van der Waals surface area contributed by atoms with Crippen molar-refractivity contribution < 1.29 is 4.21 Å². The third kappa shape index (κ3) is 2.75. The van der Waals surface area contributed by atoms with Crippen LogP contribution in [0.1, 0.15) is 12.8 Å². The predicted molar refractivity (Wildman–Crippen MR) is 81.8 cm³/mol. The highest BCUT2D eigenvalue weighted by atomic mass is 79.9. The average molecular weight is 345 g/mol. The fourth-order valence-corrected chi connectivity index (χ4v) is 4.65. The van der Waals surface area contributed by atoms with Gasteiger partial charge in [-0.1, -0.05) is 27.3 Å². The fraction of sp³-hybridized carbons (Fsp3) is 0.417. The van der Waals surface area contributed by atoms with E-state index in [1.54, 1.807) is 11.3 Å². The van der Waals surface area contributed by atoms with Crippen LogP contribution in [-0.4, -0.2) is 26.7 Å². The van der Waals surface area contributed by atoms with E-state index in [9.17, 15) is 4.21 Å². The normalized spacial score (nSPS) is 24.3. The van der Waals surface area contributed by atoms with Gasteiger partial charge in [-0.25, -0.2) is 4.98 Å². The van der Waals surface area contributed by atoms with Gasteiger partial charge in [0.1, 0.15) is 0 Å². The summed E-state index contributed by atoms with van der Waals surface area (Å²) in [7, 11) is -0.600. The zero-order valence-electron chi connectivity index (χ0n) is 9.69. The molecule has 0 amide bonds. The van der Waals surface area contributed by atoms with Crippen molar-refractivity contribution >= 4 is 53.4 Å². The van der Waals surface area contributed by atoms with Gasteiger partial charge < -0.3 is 5.32 Å². The molecule has 0 spiro atoms. The van der Waals surface area contributed by atoms with Gasteiger partial charge in [0.15, 0.2) is 5.13 Å². The minimum Gasteiger partial charge on any atom is -0.359 e. The Morgan fingerprint density at radius 2 is 2.17 bits per heavy atom. The second-order valence-corrected chi connectivity index (χ2v) is 8.04. The first-order valence-electron chi connectivity index (χ1n) is 5.88. The highest BCUT2D eigenvalue weighted by Gasteiger charge is 2.18. The Bertz CT molecular complexity index is 589.